The second kappa shape index (κ2) is 8.19. The van der Waals surface area contributed by atoms with Crippen molar-refractivity contribution in [2.45, 2.75) is 72.4 Å². The summed E-state index contributed by atoms with van der Waals surface area (Å²) in [4.78, 5) is 17.9. The van der Waals surface area contributed by atoms with E-state index >= 15 is 0 Å². The molecule has 0 spiro atoms. The van der Waals surface area contributed by atoms with Gasteiger partial charge in [0, 0.05) is 5.52 Å². The Balaban J connectivity index is 1.90. The summed E-state index contributed by atoms with van der Waals surface area (Å²) in [6.07, 6.45) is 3.19. The summed E-state index contributed by atoms with van der Waals surface area (Å²) in [5, 5.41) is 13.9. The van der Waals surface area contributed by atoms with Crippen molar-refractivity contribution in [3.63, 3.8) is 0 Å². The van der Waals surface area contributed by atoms with Crippen LogP contribution in [-0.4, -0.2) is 38.3 Å². The number of aromatic nitrogens is 5. The van der Waals surface area contributed by atoms with Gasteiger partial charge < -0.3 is 9.88 Å². The van der Waals surface area contributed by atoms with Crippen molar-refractivity contribution < 1.29 is 4.90 Å². The number of benzene rings is 1. The molecule has 1 saturated heterocycles. The third-order valence-corrected chi connectivity index (χ3v) is 7.31. The molecule has 0 radical (unpaired) electrons. The molecule has 3 aromatic rings. The molecule has 1 aliphatic heterocycles. The molecule has 0 bridgehead atoms. The lowest BCUT2D eigenvalue weighted by molar-refractivity contribution is -0.932. The normalized spacial score (nSPS) is 20.8. The van der Waals surface area contributed by atoms with Crippen molar-refractivity contribution in [1.29, 1.82) is 0 Å². The van der Waals surface area contributed by atoms with E-state index in [-0.39, 0.29) is 17.1 Å². The monoisotopic (exact) mass is 423 g/mol. The third kappa shape index (κ3) is 4.03. The summed E-state index contributed by atoms with van der Waals surface area (Å²) in [5.41, 5.74) is 3.76. The lowest BCUT2D eigenvalue weighted by Crippen LogP contribution is -3.13. The lowest BCUT2D eigenvalue weighted by Gasteiger charge is -2.34. The zero-order chi connectivity index (χ0) is 22.3. The molecule has 1 fully saturated rings. The molecule has 3 heterocycles. The van der Waals surface area contributed by atoms with Crippen molar-refractivity contribution in [2.24, 2.45) is 5.92 Å². The predicted octanol–water partition coefficient (Wildman–Crippen LogP) is 2.68. The highest BCUT2D eigenvalue weighted by Crippen LogP contribution is 2.26. The minimum atomic E-state index is -0.225. The van der Waals surface area contributed by atoms with E-state index in [9.17, 15) is 4.79 Å². The van der Waals surface area contributed by atoms with E-state index in [1.54, 1.807) is 0 Å². The summed E-state index contributed by atoms with van der Waals surface area (Å²) in [6.45, 7) is 14.9. The van der Waals surface area contributed by atoms with Crippen LogP contribution >= 0.6 is 0 Å². The fourth-order valence-electron chi connectivity index (χ4n) is 4.63. The molecule has 1 aromatic carbocycles. The highest BCUT2D eigenvalue weighted by Gasteiger charge is 2.38. The summed E-state index contributed by atoms with van der Waals surface area (Å²) >= 11 is 0. The zero-order valence-corrected chi connectivity index (χ0v) is 19.6. The summed E-state index contributed by atoms with van der Waals surface area (Å²) < 4.78 is 1.94. The van der Waals surface area contributed by atoms with E-state index in [1.165, 1.54) is 16.0 Å². The fraction of sp³-hybridized carbons (Fsp3) is 0.583. The Morgan fingerprint density at radius 3 is 2.55 bits per heavy atom. The average Bonchev–Trinajstić information content (AvgIpc) is 3.22. The molecular formula is C24H35N6O+. The van der Waals surface area contributed by atoms with Gasteiger partial charge in [-0.3, -0.25) is 4.79 Å². The quantitative estimate of drug-likeness (QED) is 0.661. The smallest absolute Gasteiger partial charge is 0.258 e. The Labute approximate surface area is 183 Å². The maximum atomic E-state index is 13.4. The molecule has 2 aromatic heterocycles. The van der Waals surface area contributed by atoms with E-state index in [4.69, 9.17) is 0 Å². The van der Waals surface area contributed by atoms with Gasteiger partial charge in [-0.2, -0.15) is 0 Å². The number of H-pyrrole nitrogens is 1. The highest BCUT2D eigenvalue weighted by atomic mass is 16.1. The first-order chi connectivity index (χ1) is 14.7. The Hall–Kier alpha value is -2.54. The van der Waals surface area contributed by atoms with Crippen LogP contribution < -0.4 is 10.5 Å². The van der Waals surface area contributed by atoms with E-state index in [0.29, 0.717) is 5.92 Å². The van der Waals surface area contributed by atoms with Crippen molar-refractivity contribution >= 4 is 10.9 Å². The van der Waals surface area contributed by atoms with Crippen LogP contribution in [0.5, 0.6) is 0 Å². The molecule has 7 heteroatoms. The molecule has 7 nitrogen and oxygen atoms in total. The number of nitrogens with one attached hydrogen (secondary N) is 2. The number of rotatable bonds is 5. The van der Waals surface area contributed by atoms with Gasteiger partial charge in [0.2, 0.25) is 5.82 Å². The van der Waals surface area contributed by atoms with Gasteiger partial charge in [-0.05, 0) is 98.0 Å². The number of nitrogens with zero attached hydrogens (tertiary/aromatic N) is 4. The molecule has 1 aliphatic rings. The number of hydrogen-bond donors (Lipinski definition) is 2. The van der Waals surface area contributed by atoms with Gasteiger partial charge in [0.15, 0.2) is 6.04 Å². The minimum Gasteiger partial charge on any atom is -0.322 e. The van der Waals surface area contributed by atoms with Gasteiger partial charge in [-0.15, -0.1) is 5.10 Å². The average molecular weight is 424 g/mol. The summed E-state index contributed by atoms with van der Waals surface area (Å²) in [6, 6.07) is 6.09. The van der Waals surface area contributed by atoms with Gasteiger partial charge in [0.05, 0.1) is 24.2 Å². The van der Waals surface area contributed by atoms with Gasteiger partial charge >= 0.3 is 0 Å². The largest absolute Gasteiger partial charge is 0.322 e. The summed E-state index contributed by atoms with van der Waals surface area (Å²) in [5.74, 6) is 1.50. The van der Waals surface area contributed by atoms with Gasteiger partial charge in [-0.1, -0.05) is 13.8 Å². The Morgan fingerprint density at radius 2 is 1.87 bits per heavy atom. The second-order valence-electron chi connectivity index (χ2n) is 9.97. The van der Waals surface area contributed by atoms with Gasteiger partial charge in [0.1, 0.15) is 0 Å². The van der Waals surface area contributed by atoms with Crippen LogP contribution in [0.25, 0.3) is 10.9 Å². The highest BCUT2D eigenvalue weighted by molar-refractivity contribution is 5.80. The molecule has 31 heavy (non-hydrogen) atoms. The van der Waals surface area contributed by atoms with Crippen LogP contribution in [0.3, 0.4) is 0 Å². The van der Waals surface area contributed by atoms with E-state index in [0.717, 1.165) is 54.6 Å². The number of likely N-dealkylation sites (tertiary alicyclic amines) is 1. The van der Waals surface area contributed by atoms with E-state index in [1.807, 2.05) is 4.68 Å². The number of tetrazole rings is 1. The molecule has 0 aliphatic carbocycles. The number of hydrogen-bond acceptors (Lipinski definition) is 4. The predicted molar refractivity (Wildman–Crippen MR) is 122 cm³/mol. The third-order valence-electron chi connectivity index (χ3n) is 7.31. The summed E-state index contributed by atoms with van der Waals surface area (Å²) in [7, 11) is 0. The Morgan fingerprint density at radius 1 is 1.19 bits per heavy atom. The second-order valence-corrected chi connectivity index (χ2v) is 9.97. The van der Waals surface area contributed by atoms with Crippen LogP contribution in [0.4, 0.5) is 0 Å². The SMILES string of the molecule is CCC(C)(C)n1nnnc1[C@@H](c1cc2cc(C)c(C)cc2[nH]c1=O)[NH+]1CCC(C)CC1. The number of aromatic amines is 1. The first-order valence-electron chi connectivity index (χ1n) is 11.5. The standard InChI is InChI=1S/C24H34N6O/c1-7-24(5,6)30-22(26-27-28-30)21(29-10-8-15(2)9-11-29)19-14-18-12-16(3)17(4)13-20(18)25-23(19)31/h12-15,21H,7-11H2,1-6H3,(H,25,31)/p+1/t21-/m1/s1. The Bertz CT molecular complexity index is 1140. The topological polar surface area (TPSA) is 80.9 Å². The van der Waals surface area contributed by atoms with Crippen molar-refractivity contribution in [3.05, 3.63) is 51.1 Å². The molecule has 4 rings (SSSR count). The molecule has 1 atom stereocenters. The fourth-order valence-corrected chi connectivity index (χ4v) is 4.63. The van der Waals surface area contributed by atoms with Crippen LogP contribution in [0.1, 0.15) is 75.5 Å². The number of quaternary nitrogens is 1. The van der Waals surface area contributed by atoms with Gasteiger partial charge in [0.25, 0.3) is 5.56 Å². The molecule has 166 valence electrons. The lowest BCUT2D eigenvalue weighted by atomic mass is 9.94. The molecule has 0 unspecified atom stereocenters. The first kappa shape index (κ1) is 21.7. The minimum absolute atomic E-state index is 0.0456. The maximum Gasteiger partial charge on any atom is 0.258 e. The van der Waals surface area contributed by atoms with E-state index in [2.05, 4.69) is 80.3 Å². The molecule has 0 saturated carbocycles. The van der Waals surface area contributed by atoms with Crippen LogP contribution in [0.15, 0.2) is 23.0 Å². The first-order valence-corrected chi connectivity index (χ1v) is 11.5. The van der Waals surface area contributed by atoms with Crippen LogP contribution in [-0.2, 0) is 5.54 Å². The maximum absolute atomic E-state index is 13.4. The molecule has 2 N–H and O–H groups in total. The van der Waals surface area contributed by atoms with Crippen molar-refractivity contribution in [1.82, 2.24) is 25.2 Å². The van der Waals surface area contributed by atoms with Crippen LogP contribution in [0.2, 0.25) is 0 Å². The molecule has 0 amide bonds. The van der Waals surface area contributed by atoms with Crippen molar-refractivity contribution in [3.8, 4) is 0 Å². The van der Waals surface area contributed by atoms with E-state index < -0.39 is 0 Å². The van der Waals surface area contributed by atoms with Crippen LogP contribution in [0, 0.1) is 19.8 Å². The van der Waals surface area contributed by atoms with Gasteiger partial charge in [-0.25, -0.2) is 4.68 Å². The van der Waals surface area contributed by atoms with Crippen molar-refractivity contribution in [2.75, 3.05) is 13.1 Å². The number of pyridine rings is 1. The number of aryl methyl sites for hydroxylation is 2. The number of fused-ring (bicyclic) bond motifs is 1. The Kier molecular flexibility index (Phi) is 5.73. The number of piperidine rings is 1. The molecular weight excluding hydrogens is 388 g/mol. The zero-order valence-electron chi connectivity index (χ0n) is 19.6.